The number of aromatic amines is 1. The highest BCUT2D eigenvalue weighted by Crippen LogP contribution is 2.16. The van der Waals surface area contributed by atoms with Crippen LogP contribution in [-0.2, 0) is 4.74 Å². The lowest BCUT2D eigenvalue weighted by molar-refractivity contribution is 0.0594. The molecular weight excluding hydrogens is 284 g/mol. The van der Waals surface area contributed by atoms with Gasteiger partial charge in [0.2, 0.25) is 0 Å². The van der Waals surface area contributed by atoms with Crippen molar-refractivity contribution in [1.82, 2.24) is 15.0 Å². The molecule has 22 heavy (non-hydrogen) atoms. The van der Waals surface area contributed by atoms with E-state index in [0.29, 0.717) is 5.69 Å². The number of methoxy groups -OCH3 is 1. The Labute approximate surface area is 125 Å². The Morgan fingerprint density at radius 1 is 1.18 bits per heavy atom. The smallest absolute Gasteiger partial charge is 0.356 e. The van der Waals surface area contributed by atoms with Gasteiger partial charge in [0.1, 0.15) is 11.4 Å². The van der Waals surface area contributed by atoms with Gasteiger partial charge in [-0.3, -0.25) is 4.79 Å². The van der Waals surface area contributed by atoms with Gasteiger partial charge in [0, 0.05) is 5.69 Å². The van der Waals surface area contributed by atoms with Crippen LogP contribution in [0.2, 0.25) is 0 Å². The van der Waals surface area contributed by atoms with Crippen molar-refractivity contribution in [2.45, 2.75) is 0 Å². The van der Waals surface area contributed by atoms with Crippen molar-refractivity contribution in [2.24, 2.45) is 0 Å². The first-order chi connectivity index (χ1) is 10.7. The maximum absolute atomic E-state index is 12.2. The van der Waals surface area contributed by atoms with Gasteiger partial charge >= 0.3 is 5.97 Å². The number of nitrogens with one attached hydrogen (secondary N) is 2. The number of rotatable bonds is 3. The summed E-state index contributed by atoms with van der Waals surface area (Å²) < 4.78 is 4.58. The molecule has 2 aromatic heterocycles. The predicted octanol–water partition coefficient (Wildman–Crippen LogP) is 2.00. The van der Waals surface area contributed by atoms with Crippen LogP contribution in [0.3, 0.4) is 0 Å². The summed E-state index contributed by atoms with van der Waals surface area (Å²) >= 11 is 0. The zero-order valence-electron chi connectivity index (χ0n) is 11.7. The Hall–Kier alpha value is -3.22. The fourth-order valence-corrected chi connectivity index (χ4v) is 1.99. The molecule has 0 fully saturated rings. The quantitative estimate of drug-likeness (QED) is 0.720. The second-order valence-corrected chi connectivity index (χ2v) is 4.49. The topological polar surface area (TPSA) is 97.0 Å². The van der Waals surface area contributed by atoms with E-state index in [0.717, 1.165) is 11.0 Å². The maximum atomic E-state index is 12.2. The molecule has 0 bridgehead atoms. The van der Waals surface area contributed by atoms with Gasteiger partial charge in [-0.15, -0.1) is 0 Å². The van der Waals surface area contributed by atoms with Crippen molar-refractivity contribution in [2.75, 3.05) is 12.4 Å². The van der Waals surface area contributed by atoms with Crippen molar-refractivity contribution in [3.05, 3.63) is 54.1 Å². The molecule has 0 saturated carbocycles. The Morgan fingerprint density at radius 2 is 2.00 bits per heavy atom. The molecule has 7 heteroatoms. The molecule has 2 N–H and O–H groups in total. The van der Waals surface area contributed by atoms with E-state index in [2.05, 4.69) is 25.0 Å². The van der Waals surface area contributed by atoms with E-state index in [-0.39, 0.29) is 11.4 Å². The molecular formula is C15H12N4O3. The summed E-state index contributed by atoms with van der Waals surface area (Å²) in [6.45, 7) is 0. The SMILES string of the molecule is COC(=O)c1cccc(C(=O)Nc2ccc3nc[nH]c3c2)n1. The summed E-state index contributed by atoms with van der Waals surface area (Å²) in [5.74, 6) is -1.00. The average Bonchev–Trinajstić information content (AvgIpc) is 3.02. The van der Waals surface area contributed by atoms with E-state index in [1.54, 1.807) is 30.6 Å². The van der Waals surface area contributed by atoms with E-state index in [9.17, 15) is 9.59 Å². The summed E-state index contributed by atoms with van der Waals surface area (Å²) in [7, 11) is 1.26. The minimum Gasteiger partial charge on any atom is -0.464 e. The zero-order chi connectivity index (χ0) is 15.5. The highest BCUT2D eigenvalue weighted by atomic mass is 16.5. The minimum absolute atomic E-state index is 0.0826. The Bertz CT molecular complexity index is 857. The van der Waals surface area contributed by atoms with Gasteiger partial charge < -0.3 is 15.0 Å². The summed E-state index contributed by atoms with van der Waals surface area (Å²) in [5, 5.41) is 2.72. The molecule has 1 amide bonds. The first-order valence-corrected chi connectivity index (χ1v) is 6.47. The number of benzene rings is 1. The van der Waals surface area contributed by atoms with Gasteiger partial charge in [-0.1, -0.05) is 6.07 Å². The molecule has 0 atom stereocenters. The van der Waals surface area contributed by atoms with E-state index >= 15 is 0 Å². The second kappa shape index (κ2) is 5.65. The van der Waals surface area contributed by atoms with Gasteiger partial charge in [-0.2, -0.15) is 0 Å². The highest BCUT2D eigenvalue weighted by Gasteiger charge is 2.13. The van der Waals surface area contributed by atoms with Crippen LogP contribution in [0.25, 0.3) is 11.0 Å². The fraction of sp³-hybridized carbons (Fsp3) is 0.0667. The molecule has 0 aliphatic carbocycles. The van der Waals surface area contributed by atoms with Crippen molar-refractivity contribution in [1.29, 1.82) is 0 Å². The summed E-state index contributed by atoms with van der Waals surface area (Å²) in [6.07, 6.45) is 1.58. The molecule has 0 radical (unpaired) electrons. The summed E-state index contributed by atoms with van der Waals surface area (Å²) in [5.41, 5.74) is 2.44. The number of hydrogen-bond donors (Lipinski definition) is 2. The van der Waals surface area contributed by atoms with E-state index < -0.39 is 11.9 Å². The Kier molecular flexibility index (Phi) is 3.53. The van der Waals surface area contributed by atoms with Crippen LogP contribution in [-0.4, -0.2) is 33.9 Å². The van der Waals surface area contributed by atoms with Crippen LogP contribution in [0.5, 0.6) is 0 Å². The van der Waals surface area contributed by atoms with Crippen LogP contribution in [0, 0.1) is 0 Å². The number of anilines is 1. The number of carbonyl (C=O) groups is 2. The lowest BCUT2D eigenvalue weighted by atomic mass is 10.2. The van der Waals surface area contributed by atoms with Crippen molar-refractivity contribution in [3.8, 4) is 0 Å². The normalized spacial score (nSPS) is 10.4. The van der Waals surface area contributed by atoms with Crippen LogP contribution >= 0.6 is 0 Å². The van der Waals surface area contributed by atoms with Crippen LogP contribution in [0.4, 0.5) is 5.69 Å². The first kappa shape index (κ1) is 13.7. The predicted molar refractivity (Wildman–Crippen MR) is 79.6 cm³/mol. The number of fused-ring (bicyclic) bond motifs is 1. The molecule has 3 aromatic rings. The van der Waals surface area contributed by atoms with Gasteiger partial charge in [0.05, 0.1) is 24.5 Å². The number of nitrogens with zero attached hydrogens (tertiary/aromatic N) is 2. The molecule has 0 spiro atoms. The Morgan fingerprint density at radius 3 is 2.82 bits per heavy atom. The summed E-state index contributed by atoms with van der Waals surface area (Å²) in [6, 6.07) is 9.89. The third-order valence-electron chi connectivity index (χ3n) is 3.05. The highest BCUT2D eigenvalue weighted by molar-refractivity contribution is 6.04. The van der Waals surface area contributed by atoms with Gasteiger partial charge in [0.25, 0.3) is 5.91 Å². The maximum Gasteiger partial charge on any atom is 0.356 e. The number of esters is 1. The molecule has 2 heterocycles. The van der Waals surface area contributed by atoms with E-state index in [1.807, 2.05) is 0 Å². The fourth-order valence-electron chi connectivity index (χ4n) is 1.99. The average molecular weight is 296 g/mol. The number of ether oxygens (including phenoxy) is 1. The Balaban J connectivity index is 1.83. The standard InChI is InChI=1S/C15H12N4O3/c1-22-15(21)12-4-2-3-11(19-12)14(20)18-9-5-6-10-13(7-9)17-8-16-10/h2-8H,1H3,(H,16,17)(H,18,20). The summed E-state index contributed by atoms with van der Waals surface area (Å²) in [4.78, 5) is 34.7. The molecule has 0 aliphatic heterocycles. The monoisotopic (exact) mass is 296 g/mol. The third-order valence-corrected chi connectivity index (χ3v) is 3.05. The number of amides is 1. The van der Waals surface area contributed by atoms with Crippen molar-refractivity contribution < 1.29 is 14.3 Å². The number of hydrogen-bond acceptors (Lipinski definition) is 5. The van der Waals surface area contributed by atoms with Gasteiger partial charge in [-0.05, 0) is 30.3 Å². The van der Waals surface area contributed by atoms with Gasteiger partial charge in [0.15, 0.2) is 0 Å². The van der Waals surface area contributed by atoms with E-state index in [1.165, 1.54) is 19.2 Å². The van der Waals surface area contributed by atoms with Gasteiger partial charge in [-0.25, -0.2) is 14.8 Å². The van der Waals surface area contributed by atoms with E-state index in [4.69, 9.17) is 0 Å². The first-order valence-electron chi connectivity index (χ1n) is 6.47. The second-order valence-electron chi connectivity index (χ2n) is 4.49. The largest absolute Gasteiger partial charge is 0.464 e. The molecule has 3 rings (SSSR count). The van der Waals surface area contributed by atoms with Crippen LogP contribution in [0.1, 0.15) is 21.0 Å². The molecule has 1 aromatic carbocycles. The third kappa shape index (κ3) is 2.64. The molecule has 0 saturated heterocycles. The number of imidazole rings is 1. The lowest BCUT2D eigenvalue weighted by Crippen LogP contribution is -2.15. The van der Waals surface area contributed by atoms with Crippen LogP contribution in [0.15, 0.2) is 42.7 Å². The molecule has 0 unspecified atom stereocenters. The number of H-pyrrole nitrogens is 1. The lowest BCUT2D eigenvalue weighted by Gasteiger charge is -2.06. The van der Waals surface area contributed by atoms with Crippen molar-refractivity contribution >= 4 is 28.6 Å². The zero-order valence-corrected chi connectivity index (χ0v) is 11.7. The molecule has 0 aliphatic rings. The minimum atomic E-state index is -0.589. The number of carbonyl (C=O) groups excluding carboxylic acids is 2. The van der Waals surface area contributed by atoms with Crippen molar-refractivity contribution in [3.63, 3.8) is 0 Å². The number of aromatic nitrogens is 3. The molecule has 110 valence electrons. The molecule has 7 nitrogen and oxygen atoms in total. The van der Waals surface area contributed by atoms with Crippen LogP contribution < -0.4 is 5.32 Å². The number of pyridine rings is 1.